The Bertz CT molecular complexity index is 680. The van der Waals surface area contributed by atoms with Crippen molar-refractivity contribution in [2.24, 2.45) is 10.9 Å². The van der Waals surface area contributed by atoms with Crippen LogP contribution in [0.3, 0.4) is 0 Å². The molecule has 0 radical (unpaired) electrons. The van der Waals surface area contributed by atoms with Gasteiger partial charge in [-0.15, -0.1) is 24.0 Å². The summed E-state index contributed by atoms with van der Waals surface area (Å²) in [6.45, 7) is 6.58. The van der Waals surface area contributed by atoms with Gasteiger partial charge in [0.05, 0.1) is 20.8 Å². The van der Waals surface area contributed by atoms with Gasteiger partial charge in [0.25, 0.3) is 0 Å². The second-order valence-electron chi connectivity index (χ2n) is 7.59. The molecule has 0 amide bonds. The van der Waals surface area contributed by atoms with Gasteiger partial charge >= 0.3 is 0 Å². The van der Waals surface area contributed by atoms with Gasteiger partial charge in [0.1, 0.15) is 0 Å². The van der Waals surface area contributed by atoms with Crippen LogP contribution < -0.4 is 14.8 Å². The summed E-state index contributed by atoms with van der Waals surface area (Å²) in [5, 5.41) is 3.50. The first-order valence-corrected chi connectivity index (χ1v) is 10.1. The van der Waals surface area contributed by atoms with Gasteiger partial charge in [-0.3, -0.25) is 9.89 Å². The second-order valence-corrected chi connectivity index (χ2v) is 7.59. The number of aliphatic imine (C=N–C) groups is 1. The SMILES string of the molecule is CN=C(NCCN1CCc2cc(OC)c(OC)cc2C1)N(C)CC1CCOC1.I. The minimum Gasteiger partial charge on any atom is -0.493 e. The van der Waals surface area contributed by atoms with Crippen molar-refractivity contribution in [1.82, 2.24) is 15.1 Å². The number of guanidine groups is 1. The van der Waals surface area contributed by atoms with Crippen molar-refractivity contribution in [2.45, 2.75) is 19.4 Å². The van der Waals surface area contributed by atoms with Gasteiger partial charge in [0.15, 0.2) is 17.5 Å². The summed E-state index contributed by atoms with van der Waals surface area (Å²) < 4.78 is 16.4. The zero-order valence-corrected chi connectivity index (χ0v) is 20.4. The zero-order chi connectivity index (χ0) is 19.9. The maximum absolute atomic E-state index is 5.48. The van der Waals surface area contributed by atoms with Crippen LogP contribution >= 0.6 is 24.0 Å². The van der Waals surface area contributed by atoms with Crippen LogP contribution in [0.4, 0.5) is 0 Å². The molecule has 1 aromatic carbocycles. The van der Waals surface area contributed by atoms with Gasteiger partial charge in [-0.2, -0.15) is 0 Å². The lowest BCUT2D eigenvalue weighted by atomic mass is 9.99. The Morgan fingerprint density at radius 1 is 1.28 bits per heavy atom. The predicted octanol–water partition coefficient (Wildman–Crippen LogP) is 2.22. The lowest BCUT2D eigenvalue weighted by Crippen LogP contribution is -2.44. The fourth-order valence-electron chi connectivity index (χ4n) is 4.04. The standard InChI is InChI=1S/C21H34N4O3.HI/c1-22-21(24(2)13-16-6-10-28-15-16)23-7-9-25-8-5-17-11-19(26-3)20(27-4)12-18(17)14-25;/h11-12,16H,5-10,13-15H2,1-4H3,(H,22,23);1H. The number of hydrogen-bond donors (Lipinski definition) is 1. The number of hydrogen-bond acceptors (Lipinski definition) is 5. The molecule has 1 aromatic rings. The molecule has 1 fully saturated rings. The molecule has 1 atom stereocenters. The van der Waals surface area contributed by atoms with Gasteiger partial charge in [0.2, 0.25) is 0 Å². The van der Waals surface area contributed by atoms with E-state index >= 15 is 0 Å². The monoisotopic (exact) mass is 518 g/mol. The van der Waals surface area contributed by atoms with Crippen molar-refractivity contribution >= 4 is 29.9 Å². The van der Waals surface area contributed by atoms with E-state index in [1.807, 2.05) is 7.05 Å². The number of nitrogens with zero attached hydrogens (tertiary/aromatic N) is 3. The van der Waals surface area contributed by atoms with E-state index in [1.54, 1.807) is 14.2 Å². The average Bonchev–Trinajstić information content (AvgIpc) is 3.22. The van der Waals surface area contributed by atoms with Crippen molar-refractivity contribution in [1.29, 1.82) is 0 Å². The second kappa shape index (κ2) is 11.8. The van der Waals surface area contributed by atoms with Gasteiger partial charge < -0.3 is 24.4 Å². The Balaban J connectivity index is 0.00000300. The molecule has 1 unspecified atom stereocenters. The van der Waals surface area contributed by atoms with Crippen molar-refractivity contribution < 1.29 is 14.2 Å². The molecule has 164 valence electrons. The molecule has 2 heterocycles. The first kappa shape index (κ1) is 24.0. The third-order valence-electron chi connectivity index (χ3n) is 5.64. The molecule has 2 aliphatic rings. The molecule has 3 rings (SSSR count). The van der Waals surface area contributed by atoms with E-state index in [1.165, 1.54) is 11.1 Å². The molecule has 0 aromatic heterocycles. The molecule has 29 heavy (non-hydrogen) atoms. The molecule has 1 saturated heterocycles. The maximum Gasteiger partial charge on any atom is 0.193 e. The number of methoxy groups -OCH3 is 2. The van der Waals surface area contributed by atoms with Crippen LogP contribution in [0.2, 0.25) is 0 Å². The Morgan fingerprint density at radius 2 is 2.00 bits per heavy atom. The van der Waals surface area contributed by atoms with E-state index in [9.17, 15) is 0 Å². The van der Waals surface area contributed by atoms with Crippen molar-refractivity contribution in [3.05, 3.63) is 23.3 Å². The highest BCUT2D eigenvalue weighted by molar-refractivity contribution is 14.0. The molecule has 0 bridgehead atoms. The number of ether oxygens (including phenoxy) is 3. The molecule has 0 aliphatic carbocycles. The number of halogens is 1. The topological polar surface area (TPSA) is 58.6 Å². The first-order chi connectivity index (χ1) is 13.6. The minimum atomic E-state index is 0. The Morgan fingerprint density at radius 3 is 2.62 bits per heavy atom. The number of benzene rings is 1. The normalized spacial score (nSPS) is 19.3. The van der Waals surface area contributed by atoms with Crippen molar-refractivity contribution in [3.8, 4) is 11.5 Å². The van der Waals surface area contributed by atoms with Crippen molar-refractivity contribution in [3.63, 3.8) is 0 Å². The van der Waals surface area contributed by atoms with E-state index in [0.29, 0.717) is 5.92 Å². The van der Waals surface area contributed by atoms with Crippen molar-refractivity contribution in [2.75, 3.05) is 67.7 Å². The highest BCUT2D eigenvalue weighted by atomic mass is 127. The van der Waals surface area contributed by atoms with Crippen LogP contribution in [-0.4, -0.2) is 83.5 Å². The smallest absolute Gasteiger partial charge is 0.193 e. The van der Waals surface area contributed by atoms with Gasteiger partial charge in [0, 0.05) is 59.3 Å². The van der Waals surface area contributed by atoms with Crippen LogP contribution in [0, 0.1) is 5.92 Å². The van der Waals surface area contributed by atoms with E-state index < -0.39 is 0 Å². The molecule has 0 spiro atoms. The van der Waals surface area contributed by atoms with Gasteiger partial charge in [-0.25, -0.2) is 0 Å². The minimum absolute atomic E-state index is 0. The summed E-state index contributed by atoms with van der Waals surface area (Å²) in [6.07, 6.45) is 2.18. The summed E-state index contributed by atoms with van der Waals surface area (Å²) in [5.41, 5.74) is 2.68. The fourth-order valence-corrected chi connectivity index (χ4v) is 4.04. The molecular formula is C21H35IN4O3. The van der Waals surface area contributed by atoms with Crippen LogP contribution in [0.25, 0.3) is 0 Å². The maximum atomic E-state index is 5.48. The fraction of sp³-hybridized carbons (Fsp3) is 0.667. The van der Waals surface area contributed by atoms with Crippen LogP contribution in [-0.2, 0) is 17.7 Å². The van der Waals surface area contributed by atoms with Crippen LogP contribution in [0.1, 0.15) is 17.5 Å². The number of nitrogens with one attached hydrogen (secondary N) is 1. The average molecular weight is 518 g/mol. The molecule has 2 aliphatic heterocycles. The quantitative estimate of drug-likeness (QED) is 0.340. The van der Waals surface area contributed by atoms with E-state index in [-0.39, 0.29) is 24.0 Å². The summed E-state index contributed by atoms with van der Waals surface area (Å²) >= 11 is 0. The summed E-state index contributed by atoms with van der Waals surface area (Å²) in [5.74, 6) is 3.18. The van der Waals surface area contributed by atoms with Crippen LogP contribution in [0.15, 0.2) is 17.1 Å². The molecule has 8 heteroatoms. The summed E-state index contributed by atoms with van der Waals surface area (Å²) in [6, 6.07) is 4.23. The van der Waals surface area contributed by atoms with E-state index in [4.69, 9.17) is 14.2 Å². The first-order valence-electron chi connectivity index (χ1n) is 10.1. The van der Waals surface area contributed by atoms with Gasteiger partial charge in [-0.05, 0) is 36.1 Å². The highest BCUT2D eigenvalue weighted by Gasteiger charge is 2.21. The van der Waals surface area contributed by atoms with E-state index in [2.05, 4.69) is 39.3 Å². The highest BCUT2D eigenvalue weighted by Crippen LogP contribution is 2.33. The third-order valence-corrected chi connectivity index (χ3v) is 5.64. The lowest BCUT2D eigenvalue weighted by Gasteiger charge is -2.30. The molecule has 0 saturated carbocycles. The van der Waals surface area contributed by atoms with Gasteiger partial charge in [-0.1, -0.05) is 0 Å². The third kappa shape index (κ3) is 6.36. The molecule has 1 N–H and O–H groups in total. The predicted molar refractivity (Wildman–Crippen MR) is 127 cm³/mol. The largest absolute Gasteiger partial charge is 0.493 e. The Labute approximate surface area is 191 Å². The Kier molecular flexibility index (Phi) is 9.78. The number of rotatable bonds is 7. The number of fused-ring (bicyclic) bond motifs is 1. The van der Waals surface area contributed by atoms with Crippen LogP contribution in [0.5, 0.6) is 11.5 Å². The zero-order valence-electron chi connectivity index (χ0n) is 18.1. The lowest BCUT2D eigenvalue weighted by molar-refractivity contribution is 0.181. The Hall–Kier alpha value is -1.26. The molecular weight excluding hydrogens is 483 g/mol. The van der Waals surface area contributed by atoms with E-state index in [0.717, 1.165) is 76.2 Å². The molecule has 7 nitrogen and oxygen atoms in total. The summed E-state index contributed by atoms with van der Waals surface area (Å²) in [7, 11) is 7.33. The summed E-state index contributed by atoms with van der Waals surface area (Å²) in [4.78, 5) is 9.11.